The predicted octanol–water partition coefficient (Wildman–Crippen LogP) is 6.73. The van der Waals surface area contributed by atoms with Crippen LogP contribution in [0.2, 0.25) is 0 Å². The standard InChI is InChI=1S/C14H14N4O.2C13H12N4O/c1-15-13-7-8-14-16-9-11(18(14)17-13)10-5-3-4-6-12(10)19-2;1-14-12-5-6-13-15-8-11(17(13)16-12)9-3-2-4-10(18)7-9;1-14-12-6-7-13-15-8-10(17(13)16-12)9-4-2-3-5-11(9)18/h3-9H,1-2H3,(H,15,17);2*2-8,18H,1H3,(H,14,16). The Morgan fingerprint density at radius 3 is 1.49 bits per heavy atom. The Bertz CT molecular complexity index is 2720. The van der Waals surface area contributed by atoms with Gasteiger partial charge in [-0.15, -0.1) is 15.3 Å². The Balaban J connectivity index is 0.000000127. The maximum absolute atomic E-state index is 9.88. The molecular formula is C40H38N12O3. The first kappa shape index (κ1) is 35.7. The summed E-state index contributed by atoms with van der Waals surface area (Å²) in [7, 11) is 7.13. The summed E-state index contributed by atoms with van der Waals surface area (Å²) in [6.07, 6.45) is 5.26. The monoisotopic (exact) mass is 734 g/mol. The van der Waals surface area contributed by atoms with Crippen LogP contribution in [0.4, 0.5) is 17.5 Å². The van der Waals surface area contributed by atoms with E-state index in [0.717, 1.165) is 68.4 Å². The molecule has 0 saturated heterocycles. The van der Waals surface area contributed by atoms with Crippen LogP contribution in [0.3, 0.4) is 0 Å². The van der Waals surface area contributed by atoms with Crippen molar-refractivity contribution in [3.8, 4) is 51.0 Å². The van der Waals surface area contributed by atoms with Gasteiger partial charge in [-0.3, -0.25) is 0 Å². The topological polar surface area (TPSA) is 176 Å². The van der Waals surface area contributed by atoms with Gasteiger partial charge in [0.15, 0.2) is 16.9 Å². The number of nitrogens with zero attached hydrogens (tertiary/aromatic N) is 9. The molecule has 0 fully saturated rings. The third-order valence-electron chi connectivity index (χ3n) is 8.56. The number of ether oxygens (including phenoxy) is 1. The molecule has 0 spiro atoms. The summed E-state index contributed by atoms with van der Waals surface area (Å²) in [5, 5.41) is 41.7. The van der Waals surface area contributed by atoms with Gasteiger partial charge in [0.2, 0.25) is 0 Å². The second-order valence-electron chi connectivity index (χ2n) is 11.9. The zero-order chi connectivity index (χ0) is 38.3. The maximum Gasteiger partial charge on any atom is 0.154 e. The molecule has 9 aromatic rings. The highest BCUT2D eigenvalue weighted by molar-refractivity contribution is 5.71. The molecule has 0 aliphatic heterocycles. The summed E-state index contributed by atoms with van der Waals surface area (Å²) < 4.78 is 10.7. The average molecular weight is 735 g/mol. The molecule has 0 atom stereocenters. The summed E-state index contributed by atoms with van der Waals surface area (Å²) in [4.78, 5) is 12.9. The van der Waals surface area contributed by atoms with Crippen LogP contribution in [0.5, 0.6) is 17.2 Å². The molecular weight excluding hydrogens is 697 g/mol. The van der Waals surface area contributed by atoms with Gasteiger partial charge in [-0.25, -0.2) is 28.5 Å². The number of rotatable bonds is 7. The van der Waals surface area contributed by atoms with E-state index in [1.165, 1.54) is 0 Å². The number of aromatic hydroxyl groups is 2. The number of fused-ring (bicyclic) bond motifs is 3. The molecule has 5 N–H and O–H groups in total. The molecule has 15 nitrogen and oxygen atoms in total. The number of benzene rings is 3. The summed E-state index contributed by atoms with van der Waals surface area (Å²) in [5.74, 6) is 3.56. The van der Waals surface area contributed by atoms with Crippen LogP contribution < -0.4 is 20.7 Å². The Kier molecular flexibility index (Phi) is 10.3. The summed E-state index contributed by atoms with van der Waals surface area (Å²) in [6.45, 7) is 0. The molecule has 9 rings (SSSR count). The smallest absolute Gasteiger partial charge is 0.154 e. The minimum Gasteiger partial charge on any atom is -0.508 e. The van der Waals surface area contributed by atoms with Crippen molar-refractivity contribution in [2.45, 2.75) is 0 Å². The molecule has 6 heterocycles. The van der Waals surface area contributed by atoms with Gasteiger partial charge in [-0.05, 0) is 72.8 Å². The normalized spacial score (nSPS) is 10.7. The van der Waals surface area contributed by atoms with Gasteiger partial charge in [0, 0.05) is 37.8 Å². The largest absolute Gasteiger partial charge is 0.508 e. The fraction of sp³-hybridized carbons (Fsp3) is 0.100. The lowest BCUT2D eigenvalue weighted by Gasteiger charge is -2.07. The van der Waals surface area contributed by atoms with E-state index in [1.807, 2.05) is 105 Å². The zero-order valence-electron chi connectivity index (χ0n) is 30.5. The number of anilines is 3. The maximum atomic E-state index is 9.88. The number of para-hydroxylation sites is 2. The zero-order valence-corrected chi connectivity index (χ0v) is 30.5. The highest BCUT2D eigenvalue weighted by Gasteiger charge is 2.13. The SMILES string of the molecule is CNc1ccc2ncc(-c3cccc(O)c3)n2n1.CNc1ccc2ncc(-c3ccccc3O)n2n1.CNc1ccc2ncc(-c3ccccc3OC)n2n1. The fourth-order valence-corrected chi connectivity index (χ4v) is 5.80. The molecule has 0 aliphatic carbocycles. The molecule has 276 valence electrons. The van der Waals surface area contributed by atoms with Gasteiger partial charge in [0.05, 0.1) is 42.8 Å². The first-order valence-electron chi connectivity index (χ1n) is 17.2. The van der Waals surface area contributed by atoms with Crippen molar-refractivity contribution in [3.05, 3.63) is 128 Å². The van der Waals surface area contributed by atoms with Crippen LogP contribution in [-0.4, -0.2) is 82.3 Å². The molecule has 0 bridgehead atoms. The molecule has 0 aliphatic rings. The number of aromatic nitrogens is 9. The number of hydrogen-bond acceptors (Lipinski definition) is 12. The van der Waals surface area contributed by atoms with Gasteiger partial charge >= 0.3 is 0 Å². The minimum absolute atomic E-state index is 0.218. The highest BCUT2D eigenvalue weighted by Crippen LogP contribution is 2.31. The quantitative estimate of drug-likeness (QED) is 0.117. The first-order chi connectivity index (χ1) is 26.9. The van der Waals surface area contributed by atoms with Crippen LogP contribution in [-0.2, 0) is 0 Å². The van der Waals surface area contributed by atoms with Gasteiger partial charge in [-0.1, -0.05) is 36.4 Å². The van der Waals surface area contributed by atoms with Crippen molar-refractivity contribution in [2.75, 3.05) is 44.2 Å². The molecule has 0 unspecified atom stereocenters. The van der Waals surface area contributed by atoms with Crippen molar-refractivity contribution >= 4 is 34.4 Å². The lowest BCUT2D eigenvalue weighted by atomic mass is 10.1. The lowest BCUT2D eigenvalue weighted by molar-refractivity contribution is 0.416. The molecule has 6 aromatic heterocycles. The van der Waals surface area contributed by atoms with Crippen molar-refractivity contribution in [1.82, 2.24) is 43.8 Å². The lowest BCUT2D eigenvalue weighted by Crippen LogP contribution is -2.00. The van der Waals surface area contributed by atoms with Crippen LogP contribution in [0.25, 0.3) is 50.7 Å². The van der Waals surface area contributed by atoms with E-state index in [0.29, 0.717) is 5.56 Å². The molecule has 55 heavy (non-hydrogen) atoms. The number of nitrogens with one attached hydrogen (secondary N) is 3. The first-order valence-corrected chi connectivity index (χ1v) is 17.2. The van der Waals surface area contributed by atoms with E-state index in [-0.39, 0.29) is 11.5 Å². The highest BCUT2D eigenvalue weighted by atomic mass is 16.5. The van der Waals surface area contributed by atoms with E-state index >= 15 is 0 Å². The van der Waals surface area contributed by atoms with Crippen molar-refractivity contribution in [3.63, 3.8) is 0 Å². The molecule has 15 heteroatoms. The Labute approximate surface area is 315 Å². The second kappa shape index (κ2) is 15.9. The number of hydrogen-bond donors (Lipinski definition) is 5. The number of methoxy groups -OCH3 is 1. The van der Waals surface area contributed by atoms with Gasteiger partial charge in [0.1, 0.15) is 34.7 Å². The van der Waals surface area contributed by atoms with Crippen LogP contribution in [0.15, 0.2) is 128 Å². The van der Waals surface area contributed by atoms with E-state index in [9.17, 15) is 10.2 Å². The Morgan fingerprint density at radius 1 is 0.509 bits per heavy atom. The van der Waals surface area contributed by atoms with Gasteiger partial charge in [-0.2, -0.15) is 0 Å². The van der Waals surface area contributed by atoms with E-state index in [1.54, 1.807) is 65.1 Å². The Hall–Kier alpha value is -7.68. The van der Waals surface area contributed by atoms with E-state index in [2.05, 4.69) is 46.2 Å². The van der Waals surface area contributed by atoms with Crippen molar-refractivity contribution in [1.29, 1.82) is 0 Å². The fourth-order valence-electron chi connectivity index (χ4n) is 5.80. The van der Waals surface area contributed by atoms with Gasteiger partial charge in [0.25, 0.3) is 0 Å². The molecule has 3 aromatic carbocycles. The second-order valence-corrected chi connectivity index (χ2v) is 11.9. The average Bonchev–Trinajstić information content (AvgIpc) is 3.98. The number of phenolic OH excluding ortho intramolecular Hbond substituents is 2. The van der Waals surface area contributed by atoms with Crippen LogP contribution >= 0.6 is 0 Å². The minimum atomic E-state index is 0.218. The van der Waals surface area contributed by atoms with Gasteiger partial charge < -0.3 is 30.9 Å². The number of imidazole rings is 3. The van der Waals surface area contributed by atoms with E-state index < -0.39 is 0 Å². The van der Waals surface area contributed by atoms with Crippen LogP contribution in [0, 0.1) is 0 Å². The third kappa shape index (κ3) is 7.48. The summed E-state index contributed by atoms with van der Waals surface area (Å²) >= 11 is 0. The van der Waals surface area contributed by atoms with Crippen LogP contribution in [0.1, 0.15) is 0 Å². The Morgan fingerprint density at radius 2 is 0.982 bits per heavy atom. The summed E-state index contributed by atoms with van der Waals surface area (Å²) in [6, 6.07) is 33.3. The summed E-state index contributed by atoms with van der Waals surface area (Å²) in [5.41, 5.74) is 7.40. The third-order valence-corrected chi connectivity index (χ3v) is 8.56. The predicted molar refractivity (Wildman–Crippen MR) is 214 cm³/mol. The van der Waals surface area contributed by atoms with E-state index in [4.69, 9.17) is 4.74 Å². The van der Waals surface area contributed by atoms with Crippen molar-refractivity contribution in [2.24, 2.45) is 0 Å². The molecule has 0 radical (unpaired) electrons. The van der Waals surface area contributed by atoms with Crippen molar-refractivity contribution < 1.29 is 14.9 Å². The molecule has 0 amide bonds. The molecule has 0 saturated carbocycles. The number of phenols is 2.